The summed E-state index contributed by atoms with van der Waals surface area (Å²) in [5.74, 6) is -0.968. The number of hydrogen-bond donors (Lipinski definition) is 0. The van der Waals surface area contributed by atoms with Crippen LogP contribution in [-0.2, 0) is 14.3 Å². The average Bonchev–Trinajstić information content (AvgIpc) is 2.43. The van der Waals surface area contributed by atoms with Gasteiger partial charge in [-0.05, 0) is 11.9 Å². The number of cyclic esters (lactones) is 2. The minimum atomic E-state index is -0.503. The van der Waals surface area contributed by atoms with Gasteiger partial charge in [0.15, 0.2) is 0 Å². The first-order valence-corrected chi connectivity index (χ1v) is 3.12. The zero-order chi connectivity index (χ0) is 6.43. The summed E-state index contributed by atoms with van der Waals surface area (Å²) < 4.78 is 5.87. The number of esters is 2. The zero-order valence-electron chi connectivity index (χ0n) is 4.29. The van der Waals surface area contributed by atoms with E-state index in [0.717, 1.165) is 0 Å². The first kappa shape index (κ1) is 5.25. The summed E-state index contributed by atoms with van der Waals surface area (Å²) in [6.07, 6.45) is 0. The van der Waals surface area contributed by atoms with E-state index in [2.05, 4.69) is 4.74 Å². The number of hydrogen-bond acceptors (Lipinski definition) is 5. The molecule has 0 bridgehead atoms. The first-order valence-electron chi connectivity index (χ1n) is 2.35. The molecular weight excluding hydrogens is 142 g/mol. The highest BCUT2D eigenvalue weighted by atomic mass is 32.2. The SMILES string of the molecule is O=C1CN2S[C]2C(=O)O1. The summed E-state index contributed by atoms with van der Waals surface area (Å²) in [5.41, 5.74) is 0. The van der Waals surface area contributed by atoms with Gasteiger partial charge in [0.1, 0.15) is 6.54 Å². The lowest BCUT2D eigenvalue weighted by Crippen LogP contribution is -2.27. The van der Waals surface area contributed by atoms with E-state index in [1.54, 1.807) is 4.31 Å². The van der Waals surface area contributed by atoms with Crippen LogP contribution in [0.3, 0.4) is 0 Å². The fourth-order valence-electron chi connectivity index (χ4n) is 0.624. The highest BCUT2D eigenvalue weighted by Crippen LogP contribution is 2.49. The Kier molecular flexibility index (Phi) is 0.866. The van der Waals surface area contributed by atoms with Crippen molar-refractivity contribution in [3.05, 3.63) is 5.37 Å². The van der Waals surface area contributed by atoms with E-state index in [0.29, 0.717) is 5.37 Å². The van der Waals surface area contributed by atoms with Crippen LogP contribution in [-0.4, -0.2) is 22.8 Å². The molecule has 1 radical (unpaired) electrons. The van der Waals surface area contributed by atoms with Crippen molar-refractivity contribution in [2.45, 2.75) is 0 Å². The highest BCUT2D eigenvalue weighted by molar-refractivity contribution is 8.07. The third-order valence-corrected chi connectivity index (χ3v) is 1.96. The molecule has 0 N–H and O–H groups in total. The Hall–Kier alpha value is -0.550. The van der Waals surface area contributed by atoms with Gasteiger partial charge in [-0.2, -0.15) is 0 Å². The van der Waals surface area contributed by atoms with Crippen molar-refractivity contribution in [1.82, 2.24) is 4.31 Å². The van der Waals surface area contributed by atoms with Crippen LogP contribution in [0.5, 0.6) is 0 Å². The molecule has 2 aliphatic heterocycles. The maximum Gasteiger partial charge on any atom is 0.350 e. The standard InChI is InChI=1S/C4H2NO3S/c6-2-1-5-3(9-5)4(7)8-2/h1H2. The van der Waals surface area contributed by atoms with E-state index >= 15 is 0 Å². The summed E-state index contributed by atoms with van der Waals surface area (Å²) >= 11 is 1.27. The van der Waals surface area contributed by atoms with E-state index < -0.39 is 11.9 Å². The van der Waals surface area contributed by atoms with E-state index in [9.17, 15) is 9.59 Å². The zero-order valence-corrected chi connectivity index (χ0v) is 5.10. The van der Waals surface area contributed by atoms with Crippen molar-refractivity contribution in [2.24, 2.45) is 0 Å². The molecule has 0 spiro atoms. The number of fused-ring (bicyclic) bond motifs is 1. The van der Waals surface area contributed by atoms with Crippen molar-refractivity contribution in [1.29, 1.82) is 0 Å². The molecule has 1 unspecified atom stereocenters. The summed E-state index contributed by atoms with van der Waals surface area (Å²) in [7, 11) is 0. The quantitative estimate of drug-likeness (QED) is 0.199. The molecule has 2 rings (SSSR count). The number of morpholine rings is 1. The lowest BCUT2D eigenvalue weighted by Gasteiger charge is -2.04. The largest absolute Gasteiger partial charge is 0.390 e. The van der Waals surface area contributed by atoms with Crippen LogP contribution >= 0.6 is 11.9 Å². The molecule has 0 aromatic rings. The summed E-state index contributed by atoms with van der Waals surface area (Å²) in [4.78, 5) is 20.9. The molecule has 1 atom stereocenters. The van der Waals surface area contributed by atoms with Crippen molar-refractivity contribution in [3.8, 4) is 0 Å². The van der Waals surface area contributed by atoms with E-state index in [-0.39, 0.29) is 6.54 Å². The van der Waals surface area contributed by atoms with Crippen LogP contribution < -0.4 is 0 Å². The van der Waals surface area contributed by atoms with Gasteiger partial charge in [0.25, 0.3) is 0 Å². The summed E-state index contributed by atoms with van der Waals surface area (Å²) in [5, 5.41) is 0.551. The molecule has 2 saturated heterocycles. The van der Waals surface area contributed by atoms with Gasteiger partial charge in [0.05, 0.1) is 0 Å². The fourth-order valence-corrected chi connectivity index (χ4v) is 1.22. The maximum absolute atomic E-state index is 10.5. The van der Waals surface area contributed by atoms with Gasteiger partial charge in [-0.15, -0.1) is 0 Å². The van der Waals surface area contributed by atoms with Gasteiger partial charge < -0.3 is 4.74 Å². The molecule has 0 aromatic heterocycles. The predicted octanol–water partition coefficient (Wildman–Crippen LogP) is -0.477. The monoisotopic (exact) mass is 144 g/mol. The van der Waals surface area contributed by atoms with Crippen molar-refractivity contribution >= 4 is 23.9 Å². The Balaban J connectivity index is 2.15. The number of rotatable bonds is 0. The Morgan fingerprint density at radius 3 is 3.00 bits per heavy atom. The summed E-state index contributed by atoms with van der Waals surface area (Å²) in [6.45, 7) is 0.214. The molecule has 0 saturated carbocycles. The molecule has 2 heterocycles. The molecular formula is C4H2NO3S. The van der Waals surface area contributed by atoms with E-state index in [1.807, 2.05) is 0 Å². The van der Waals surface area contributed by atoms with Crippen molar-refractivity contribution in [2.75, 3.05) is 6.54 Å². The molecule has 47 valence electrons. The van der Waals surface area contributed by atoms with Crippen LogP contribution in [0.15, 0.2) is 0 Å². The second-order valence-electron chi connectivity index (χ2n) is 1.69. The van der Waals surface area contributed by atoms with Gasteiger partial charge in [0.2, 0.25) is 5.37 Å². The van der Waals surface area contributed by atoms with Crippen LogP contribution in [0.1, 0.15) is 0 Å². The van der Waals surface area contributed by atoms with Crippen molar-refractivity contribution in [3.63, 3.8) is 0 Å². The minimum absolute atomic E-state index is 0.214. The highest BCUT2D eigenvalue weighted by Gasteiger charge is 2.51. The molecule has 9 heavy (non-hydrogen) atoms. The molecule has 4 nitrogen and oxygen atoms in total. The van der Waals surface area contributed by atoms with Gasteiger partial charge in [-0.3, -0.25) is 4.79 Å². The smallest absolute Gasteiger partial charge is 0.350 e. The Bertz CT molecular complexity index is 192. The maximum atomic E-state index is 10.5. The number of carbonyl (C=O) groups is 2. The molecule has 0 aromatic carbocycles. The normalized spacial score (nSPS) is 33.6. The van der Waals surface area contributed by atoms with Crippen LogP contribution in [0.2, 0.25) is 0 Å². The third-order valence-electron chi connectivity index (χ3n) is 1.04. The van der Waals surface area contributed by atoms with Crippen LogP contribution in [0.25, 0.3) is 0 Å². The van der Waals surface area contributed by atoms with Crippen molar-refractivity contribution < 1.29 is 14.3 Å². The second-order valence-corrected chi connectivity index (χ2v) is 2.70. The average molecular weight is 144 g/mol. The topological polar surface area (TPSA) is 46.4 Å². The fraction of sp³-hybridized carbons (Fsp3) is 0.250. The lowest BCUT2D eigenvalue weighted by atomic mass is 10.5. The Labute approximate surface area is 55.3 Å². The molecule has 0 aliphatic carbocycles. The molecule has 2 aliphatic rings. The number of ether oxygens (including phenoxy) is 1. The van der Waals surface area contributed by atoms with Gasteiger partial charge in [-0.1, -0.05) is 0 Å². The van der Waals surface area contributed by atoms with E-state index in [4.69, 9.17) is 0 Å². The van der Waals surface area contributed by atoms with Crippen LogP contribution in [0, 0.1) is 5.37 Å². The predicted molar refractivity (Wildman–Crippen MR) is 28.6 cm³/mol. The molecule has 0 amide bonds. The number of carbonyl (C=O) groups excluding carboxylic acids is 2. The van der Waals surface area contributed by atoms with Gasteiger partial charge >= 0.3 is 11.9 Å². The Morgan fingerprint density at radius 1 is 1.56 bits per heavy atom. The van der Waals surface area contributed by atoms with Crippen LogP contribution in [0.4, 0.5) is 0 Å². The van der Waals surface area contributed by atoms with Gasteiger partial charge in [-0.25, -0.2) is 9.10 Å². The lowest BCUT2D eigenvalue weighted by molar-refractivity contribution is -0.160. The minimum Gasteiger partial charge on any atom is -0.390 e. The summed E-state index contributed by atoms with van der Waals surface area (Å²) in [6, 6.07) is 0. The number of nitrogens with zero attached hydrogens (tertiary/aromatic N) is 1. The van der Waals surface area contributed by atoms with E-state index in [1.165, 1.54) is 11.9 Å². The first-order chi connectivity index (χ1) is 4.27. The third kappa shape index (κ3) is 0.727. The Morgan fingerprint density at radius 2 is 2.33 bits per heavy atom. The molecule has 5 heteroatoms. The second kappa shape index (κ2) is 1.48. The van der Waals surface area contributed by atoms with Gasteiger partial charge in [0, 0.05) is 0 Å². The molecule has 2 fully saturated rings.